The van der Waals surface area contributed by atoms with E-state index < -0.39 is 0 Å². The second-order valence-corrected chi connectivity index (χ2v) is 8.13. The molecule has 1 aromatic carbocycles. The third-order valence-corrected chi connectivity index (χ3v) is 6.41. The number of thiazole rings is 1. The molecule has 1 amide bonds. The van der Waals surface area contributed by atoms with Crippen molar-refractivity contribution < 1.29 is 4.79 Å². The maximum Gasteiger partial charge on any atom is 0.273 e. The van der Waals surface area contributed by atoms with E-state index >= 15 is 0 Å². The number of carbonyl (C=O) groups excluding carboxylic acids is 1. The number of hydrogen-bond acceptors (Lipinski definition) is 6. The van der Waals surface area contributed by atoms with Crippen molar-refractivity contribution >= 4 is 17.2 Å². The first-order valence-electron chi connectivity index (χ1n) is 9.58. The van der Waals surface area contributed by atoms with Crippen molar-refractivity contribution in [2.45, 2.75) is 38.8 Å². The molecule has 0 saturated carbocycles. The molecule has 1 saturated heterocycles. The molecule has 2 N–H and O–H groups in total. The fourth-order valence-electron chi connectivity index (χ4n) is 3.48. The summed E-state index contributed by atoms with van der Waals surface area (Å²) in [5.41, 5.74) is 2.39. The monoisotopic (exact) mass is 396 g/mol. The van der Waals surface area contributed by atoms with Gasteiger partial charge in [-0.3, -0.25) is 4.79 Å². The highest BCUT2D eigenvalue weighted by molar-refractivity contribution is 7.15. The predicted octanol–water partition coefficient (Wildman–Crippen LogP) is 3.13. The van der Waals surface area contributed by atoms with Crippen molar-refractivity contribution in [3.63, 3.8) is 0 Å². The highest BCUT2D eigenvalue weighted by Crippen LogP contribution is 2.31. The zero-order valence-corrected chi connectivity index (χ0v) is 16.9. The fraction of sp³-hybridized carbons (Fsp3) is 0.400. The topological polar surface area (TPSA) is 84.7 Å². The molecule has 8 heteroatoms. The Morgan fingerprint density at radius 3 is 2.79 bits per heavy atom. The number of aryl methyl sites for hydroxylation is 1. The van der Waals surface area contributed by atoms with E-state index in [4.69, 9.17) is 0 Å². The smallest absolute Gasteiger partial charge is 0.273 e. The molecule has 0 radical (unpaired) electrons. The average Bonchev–Trinajstić information content (AvgIpc) is 3.36. The predicted molar refractivity (Wildman–Crippen MR) is 109 cm³/mol. The lowest BCUT2D eigenvalue weighted by atomic mass is 10.1. The van der Waals surface area contributed by atoms with Crippen LogP contribution >= 0.6 is 11.3 Å². The third-order valence-electron chi connectivity index (χ3n) is 5.02. The van der Waals surface area contributed by atoms with Crippen LogP contribution < -0.4 is 10.6 Å². The van der Waals surface area contributed by atoms with E-state index in [1.54, 1.807) is 17.5 Å². The molecule has 3 heterocycles. The lowest BCUT2D eigenvalue weighted by molar-refractivity contribution is 0.0935. The first-order chi connectivity index (χ1) is 13.6. The summed E-state index contributed by atoms with van der Waals surface area (Å²) in [6.07, 6.45) is 3.76. The van der Waals surface area contributed by atoms with Gasteiger partial charge >= 0.3 is 0 Å². The number of benzene rings is 1. The van der Waals surface area contributed by atoms with Gasteiger partial charge in [0.25, 0.3) is 5.91 Å². The second-order valence-electron chi connectivity index (χ2n) is 7.09. The van der Waals surface area contributed by atoms with Crippen molar-refractivity contribution in [3.05, 3.63) is 52.8 Å². The van der Waals surface area contributed by atoms with Crippen LogP contribution in [0.4, 0.5) is 0 Å². The van der Waals surface area contributed by atoms with Gasteiger partial charge in [0.2, 0.25) is 0 Å². The molecule has 0 bridgehead atoms. The van der Waals surface area contributed by atoms with E-state index in [0.717, 1.165) is 47.1 Å². The molecule has 3 aromatic rings. The van der Waals surface area contributed by atoms with Gasteiger partial charge in [-0.2, -0.15) is 0 Å². The largest absolute Gasteiger partial charge is 0.343 e. The van der Waals surface area contributed by atoms with Gasteiger partial charge in [0.15, 0.2) is 5.69 Å². The highest BCUT2D eigenvalue weighted by atomic mass is 32.1. The SMILES string of the molecule is Cc1nc(-c2ccccc2)sc1C(C)NC(=O)c1cn(C2CCNCC2)nn1. The Kier molecular flexibility index (Phi) is 5.50. The number of rotatable bonds is 5. The zero-order valence-electron chi connectivity index (χ0n) is 16.1. The highest BCUT2D eigenvalue weighted by Gasteiger charge is 2.21. The van der Waals surface area contributed by atoms with Gasteiger partial charge in [0, 0.05) is 5.56 Å². The van der Waals surface area contributed by atoms with Crippen LogP contribution in [0.3, 0.4) is 0 Å². The van der Waals surface area contributed by atoms with Gasteiger partial charge < -0.3 is 10.6 Å². The molecule has 1 aliphatic heterocycles. The second kappa shape index (κ2) is 8.20. The quantitative estimate of drug-likeness (QED) is 0.692. The Labute approximate surface area is 168 Å². The molecule has 1 fully saturated rings. The standard InChI is InChI=1S/C20H24N6OS/c1-13(18-14(2)23-20(28-18)15-6-4-3-5-7-15)22-19(27)17-12-26(25-24-17)16-8-10-21-11-9-16/h3-7,12-13,16,21H,8-11H2,1-2H3,(H,22,27). The summed E-state index contributed by atoms with van der Waals surface area (Å²) in [4.78, 5) is 18.4. The van der Waals surface area contributed by atoms with Gasteiger partial charge in [-0.25, -0.2) is 9.67 Å². The van der Waals surface area contributed by atoms with Gasteiger partial charge in [-0.1, -0.05) is 35.5 Å². The summed E-state index contributed by atoms with van der Waals surface area (Å²) in [7, 11) is 0. The third kappa shape index (κ3) is 3.98. The first kappa shape index (κ1) is 18.8. The van der Waals surface area contributed by atoms with Crippen LogP contribution in [0.2, 0.25) is 0 Å². The number of hydrogen-bond donors (Lipinski definition) is 2. The molecule has 28 heavy (non-hydrogen) atoms. The summed E-state index contributed by atoms with van der Waals surface area (Å²) < 4.78 is 1.83. The number of nitrogens with one attached hydrogen (secondary N) is 2. The van der Waals surface area contributed by atoms with Crippen molar-refractivity contribution in [1.82, 2.24) is 30.6 Å². The Balaban J connectivity index is 1.45. The minimum atomic E-state index is -0.207. The van der Waals surface area contributed by atoms with E-state index in [0.29, 0.717) is 11.7 Å². The molecule has 2 aromatic heterocycles. The Bertz CT molecular complexity index is 945. The van der Waals surface area contributed by atoms with Crippen LogP contribution in [0.25, 0.3) is 10.6 Å². The van der Waals surface area contributed by atoms with Crippen molar-refractivity contribution in [2.24, 2.45) is 0 Å². The van der Waals surface area contributed by atoms with Gasteiger partial charge in [0.05, 0.1) is 28.9 Å². The van der Waals surface area contributed by atoms with Crippen LogP contribution in [-0.4, -0.2) is 39.0 Å². The van der Waals surface area contributed by atoms with Crippen LogP contribution in [0.5, 0.6) is 0 Å². The Morgan fingerprint density at radius 2 is 2.04 bits per heavy atom. The molecule has 7 nitrogen and oxygen atoms in total. The molecule has 146 valence electrons. The van der Waals surface area contributed by atoms with E-state index in [1.807, 2.05) is 48.9 Å². The molecule has 1 atom stereocenters. The van der Waals surface area contributed by atoms with Crippen LogP contribution in [0, 0.1) is 6.92 Å². The molecule has 1 unspecified atom stereocenters. The zero-order chi connectivity index (χ0) is 19.5. The lowest BCUT2D eigenvalue weighted by Crippen LogP contribution is -2.29. The van der Waals surface area contributed by atoms with E-state index in [9.17, 15) is 4.79 Å². The summed E-state index contributed by atoms with van der Waals surface area (Å²) in [6.45, 7) is 5.90. The summed E-state index contributed by atoms with van der Waals surface area (Å²) >= 11 is 1.61. The first-order valence-corrected chi connectivity index (χ1v) is 10.4. The number of amides is 1. The summed E-state index contributed by atoms with van der Waals surface area (Å²) in [5.74, 6) is -0.207. The Morgan fingerprint density at radius 1 is 1.29 bits per heavy atom. The summed E-state index contributed by atoms with van der Waals surface area (Å²) in [6, 6.07) is 10.3. The van der Waals surface area contributed by atoms with Crippen LogP contribution in [0.15, 0.2) is 36.5 Å². The maximum absolute atomic E-state index is 12.7. The van der Waals surface area contributed by atoms with Gasteiger partial charge in [-0.05, 0) is 39.8 Å². The number of piperidine rings is 1. The lowest BCUT2D eigenvalue weighted by Gasteiger charge is -2.22. The maximum atomic E-state index is 12.7. The molecule has 4 rings (SSSR count). The van der Waals surface area contributed by atoms with E-state index in [2.05, 4.69) is 25.9 Å². The van der Waals surface area contributed by atoms with Gasteiger partial charge in [0.1, 0.15) is 5.01 Å². The minimum absolute atomic E-state index is 0.147. The Hall–Kier alpha value is -2.58. The molecular formula is C20H24N6OS. The normalized spacial score (nSPS) is 16.1. The van der Waals surface area contributed by atoms with E-state index in [1.165, 1.54) is 0 Å². The number of nitrogens with zero attached hydrogens (tertiary/aromatic N) is 4. The average molecular weight is 397 g/mol. The molecular weight excluding hydrogens is 372 g/mol. The fourth-order valence-corrected chi connectivity index (χ4v) is 4.55. The summed E-state index contributed by atoms with van der Waals surface area (Å²) in [5, 5.41) is 15.6. The van der Waals surface area contributed by atoms with Gasteiger partial charge in [-0.15, -0.1) is 16.4 Å². The van der Waals surface area contributed by atoms with E-state index in [-0.39, 0.29) is 11.9 Å². The van der Waals surface area contributed by atoms with Crippen molar-refractivity contribution in [3.8, 4) is 10.6 Å². The molecule has 1 aliphatic rings. The minimum Gasteiger partial charge on any atom is -0.343 e. The van der Waals surface area contributed by atoms with Crippen molar-refractivity contribution in [1.29, 1.82) is 0 Å². The molecule has 0 aliphatic carbocycles. The molecule has 0 spiro atoms. The van der Waals surface area contributed by atoms with Crippen LogP contribution in [-0.2, 0) is 0 Å². The van der Waals surface area contributed by atoms with Crippen LogP contribution in [0.1, 0.15) is 52.9 Å². The number of aromatic nitrogens is 4. The van der Waals surface area contributed by atoms with Crippen molar-refractivity contribution in [2.75, 3.05) is 13.1 Å². The number of carbonyl (C=O) groups is 1.